The van der Waals surface area contributed by atoms with Crippen molar-refractivity contribution in [3.63, 3.8) is 0 Å². The molecule has 0 bridgehead atoms. The predicted octanol–water partition coefficient (Wildman–Crippen LogP) is 0.422. The van der Waals surface area contributed by atoms with Crippen LogP contribution in [0.3, 0.4) is 0 Å². The van der Waals surface area contributed by atoms with Crippen molar-refractivity contribution in [1.82, 2.24) is 10.6 Å². The van der Waals surface area contributed by atoms with Crippen molar-refractivity contribution in [3.05, 3.63) is 0 Å². The van der Waals surface area contributed by atoms with E-state index in [2.05, 4.69) is 17.6 Å². The Morgan fingerprint density at radius 1 is 1.37 bits per heavy atom. The van der Waals surface area contributed by atoms with Gasteiger partial charge in [-0.25, -0.2) is 0 Å². The Labute approximate surface area is 115 Å². The zero-order valence-electron chi connectivity index (χ0n) is 11.8. The van der Waals surface area contributed by atoms with E-state index in [4.69, 9.17) is 4.74 Å². The third-order valence-electron chi connectivity index (χ3n) is 4.20. The molecule has 2 rings (SSSR count). The van der Waals surface area contributed by atoms with Gasteiger partial charge in [-0.2, -0.15) is 0 Å². The van der Waals surface area contributed by atoms with Gasteiger partial charge in [0.25, 0.3) is 0 Å². The number of hydrogen-bond donors (Lipinski definition) is 3. The third-order valence-corrected chi connectivity index (χ3v) is 4.20. The van der Waals surface area contributed by atoms with Crippen LogP contribution in [0.15, 0.2) is 0 Å². The summed E-state index contributed by atoms with van der Waals surface area (Å²) in [6.07, 6.45) is 4.75. The number of ether oxygens (including phenoxy) is 1. The monoisotopic (exact) mass is 270 g/mol. The lowest BCUT2D eigenvalue weighted by atomic mass is 10.00. The number of nitrogens with one attached hydrogen (secondary N) is 2. The molecule has 5 nitrogen and oxygen atoms in total. The van der Waals surface area contributed by atoms with Gasteiger partial charge in [0.15, 0.2) is 0 Å². The minimum absolute atomic E-state index is 0.00595. The fourth-order valence-electron chi connectivity index (χ4n) is 2.94. The smallest absolute Gasteiger partial charge is 0.227 e. The molecule has 0 radical (unpaired) electrons. The van der Waals surface area contributed by atoms with E-state index in [9.17, 15) is 9.90 Å². The molecule has 1 aliphatic heterocycles. The van der Waals surface area contributed by atoms with Gasteiger partial charge in [-0.05, 0) is 25.8 Å². The molecule has 1 amide bonds. The van der Waals surface area contributed by atoms with Crippen LogP contribution in [0.2, 0.25) is 0 Å². The van der Waals surface area contributed by atoms with Gasteiger partial charge in [0, 0.05) is 12.6 Å². The average Bonchev–Trinajstić information content (AvgIpc) is 3.03. The summed E-state index contributed by atoms with van der Waals surface area (Å²) in [5.74, 6) is -0.122. The second kappa shape index (κ2) is 6.68. The number of rotatable bonds is 6. The molecule has 0 aromatic carbocycles. The van der Waals surface area contributed by atoms with Crippen LogP contribution in [-0.2, 0) is 9.53 Å². The fourth-order valence-corrected chi connectivity index (χ4v) is 2.94. The average molecular weight is 270 g/mol. The molecule has 2 atom stereocenters. The normalized spacial score (nSPS) is 29.6. The second-order valence-electron chi connectivity index (χ2n) is 5.85. The molecule has 1 saturated heterocycles. The van der Waals surface area contributed by atoms with E-state index in [0.29, 0.717) is 19.8 Å². The molecule has 1 aliphatic carbocycles. The fraction of sp³-hybridized carbons (Fsp3) is 0.929. The van der Waals surface area contributed by atoms with E-state index >= 15 is 0 Å². The van der Waals surface area contributed by atoms with Gasteiger partial charge in [0.2, 0.25) is 5.91 Å². The maximum Gasteiger partial charge on any atom is 0.227 e. The van der Waals surface area contributed by atoms with E-state index in [1.165, 1.54) is 0 Å². The summed E-state index contributed by atoms with van der Waals surface area (Å²) >= 11 is 0. The second-order valence-corrected chi connectivity index (χ2v) is 5.85. The molecule has 2 unspecified atom stereocenters. The van der Waals surface area contributed by atoms with Gasteiger partial charge < -0.3 is 20.5 Å². The third kappa shape index (κ3) is 3.91. The predicted molar refractivity (Wildman–Crippen MR) is 72.8 cm³/mol. The van der Waals surface area contributed by atoms with Crippen molar-refractivity contribution in [1.29, 1.82) is 0 Å². The van der Waals surface area contributed by atoms with Crippen LogP contribution in [0.4, 0.5) is 0 Å². The first kappa shape index (κ1) is 14.8. The Morgan fingerprint density at radius 3 is 2.79 bits per heavy atom. The van der Waals surface area contributed by atoms with Gasteiger partial charge in [-0.1, -0.05) is 19.8 Å². The lowest BCUT2D eigenvalue weighted by molar-refractivity contribution is -0.126. The van der Waals surface area contributed by atoms with Crippen molar-refractivity contribution in [2.24, 2.45) is 5.92 Å². The van der Waals surface area contributed by atoms with Crippen LogP contribution in [-0.4, -0.2) is 49.0 Å². The van der Waals surface area contributed by atoms with Crippen LogP contribution in [0, 0.1) is 5.92 Å². The van der Waals surface area contributed by atoms with E-state index in [0.717, 1.165) is 38.6 Å². The topological polar surface area (TPSA) is 70.6 Å². The molecule has 110 valence electrons. The number of aliphatic hydroxyl groups is 1. The summed E-state index contributed by atoms with van der Waals surface area (Å²) in [6.45, 7) is 4.46. The summed E-state index contributed by atoms with van der Waals surface area (Å²) in [5, 5.41) is 16.5. The Kier molecular flexibility index (Phi) is 5.19. The zero-order valence-corrected chi connectivity index (χ0v) is 11.8. The maximum absolute atomic E-state index is 12.2. The Hall–Kier alpha value is -0.650. The number of hydrogen-bond acceptors (Lipinski definition) is 4. The Morgan fingerprint density at radius 2 is 2.11 bits per heavy atom. The van der Waals surface area contributed by atoms with Crippen LogP contribution < -0.4 is 10.6 Å². The molecule has 19 heavy (non-hydrogen) atoms. The molecule has 0 aromatic rings. The van der Waals surface area contributed by atoms with Crippen LogP contribution in [0.25, 0.3) is 0 Å². The highest BCUT2D eigenvalue weighted by Crippen LogP contribution is 2.28. The molecule has 3 N–H and O–H groups in total. The minimum Gasteiger partial charge on any atom is -0.388 e. The molecule has 5 heteroatoms. The number of amides is 1. The molecule has 0 aromatic heterocycles. The molecular formula is C14H26N2O3. The molecule has 1 saturated carbocycles. The number of carbonyl (C=O) groups excluding carboxylic acids is 1. The molecule has 0 spiro atoms. The van der Waals surface area contributed by atoms with Crippen LogP contribution in [0.1, 0.15) is 39.0 Å². The zero-order chi connectivity index (χ0) is 13.7. The number of carbonyl (C=O) groups is 1. The van der Waals surface area contributed by atoms with E-state index < -0.39 is 5.60 Å². The summed E-state index contributed by atoms with van der Waals surface area (Å²) in [7, 11) is 0. The van der Waals surface area contributed by atoms with E-state index in [1.54, 1.807) is 0 Å². The summed E-state index contributed by atoms with van der Waals surface area (Å²) in [6, 6.07) is 0.109. The van der Waals surface area contributed by atoms with E-state index in [1.807, 2.05) is 0 Å². The van der Waals surface area contributed by atoms with Crippen molar-refractivity contribution in [3.8, 4) is 0 Å². The summed E-state index contributed by atoms with van der Waals surface area (Å²) in [5.41, 5.74) is -0.679. The highest BCUT2D eigenvalue weighted by atomic mass is 16.5. The molecular weight excluding hydrogens is 244 g/mol. The largest absolute Gasteiger partial charge is 0.388 e. The van der Waals surface area contributed by atoms with Gasteiger partial charge in [0.1, 0.15) is 0 Å². The van der Waals surface area contributed by atoms with Crippen LogP contribution in [0.5, 0.6) is 0 Å². The summed E-state index contributed by atoms with van der Waals surface area (Å²) < 4.78 is 5.40. The van der Waals surface area contributed by atoms with Crippen molar-refractivity contribution >= 4 is 5.91 Å². The molecule has 1 heterocycles. The Bertz CT molecular complexity index is 303. The van der Waals surface area contributed by atoms with Gasteiger partial charge in [0.05, 0.1) is 24.7 Å². The van der Waals surface area contributed by atoms with Crippen LogP contribution >= 0.6 is 0 Å². The first-order chi connectivity index (χ1) is 9.14. The first-order valence-corrected chi connectivity index (χ1v) is 7.46. The van der Waals surface area contributed by atoms with E-state index in [-0.39, 0.29) is 17.9 Å². The SMILES string of the molecule is CCCNC1COCC1C(=O)NCC1(O)CCCC1. The van der Waals surface area contributed by atoms with Crippen molar-refractivity contribution in [2.75, 3.05) is 26.3 Å². The maximum atomic E-state index is 12.2. The first-order valence-electron chi connectivity index (χ1n) is 7.46. The van der Waals surface area contributed by atoms with Crippen molar-refractivity contribution < 1.29 is 14.6 Å². The van der Waals surface area contributed by atoms with Gasteiger partial charge in [-0.3, -0.25) is 4.79 Å². The standard InChI is InChI=1S/C14H26N2O3/c1-2-7-15-12-9-19-8-11(12)13(17)16-10-14(18)5-3-4-6-14/h11-12,15,18H,2-10H2,1H3,(H,16,17). The highest BCUT2D eigenvalue weighted by molar-refractivity contribution is 5.80. The summed E-state index contributed by atoms with van der Waals surface area (Å²) in [4.78, 5) is 12.2. The lowest BCUT2D eigenvalue weighted by Gasteiger charge is -2.24. The lowest BCUT2D eigenvalue weighted by Crippen LogP contribution is -2.48. The highest BCUT2D eigenvalue weighted by Gasteiger charge is 2.36. The minimum atomic E-state index is -0.679. The quantitative estimate of drug-likeness (QED) is 0.654. The Balaban J connectivity index is 1.78. The van der Waals surface area contributed by atoms with Crippen molar-refractivity contribution in [2.45, 2.75) is 50.7 Å². The molecule has 2 fully saturated rings. The van der Waals surface area contributed by atoms with Gasteiger partial charge in [-0.15, -0.1) is 0 Å². The van der Waals surface area contributed by atoms with Gasteiger partial charge >= 0.3 is 0 Å². The molecule has 2 aliphatic rings.